The predicted molar refractivity (Wildman–Crippen MR) is 71.8 cm³/mol. The van der Waals surface area contributed by atoms with E-state index in [4.69, 9.17) is 5.11 Å². The normalized spacial score (nSPS) is 17.3. The number of carboxylic acid groups (broad SMARTS) is 1. The molecule has 0 aromatic heterocycles. The summed E-state index contributed by atoms with van der Waals surface area (Å²) in [6.07, 6.45) is 0. The number of halogens is 1. The molecule has 1 aliphatic heterocycles. The lowest BCUT2D eigenvalue weighted by Gasteiger charge is -2.40. The highest BCUT2D eigenvalue weighted by Gasteiger charge is 2.35. The number of carbonyl (C=O) groups excluding carboxylic acids is 1. The van der Waals surface area contributed by atoms with E-state index in [1.165, 1.54) is 24.3 Å². The van der Waals surface area contributed by atoms with Gasteiger partial charge in [0, 0.05) is 18.8 Å². The summed E-state index contributed by atoms with van der Waals surface area (Å²) in [5, 5.41) is 11.5. The Morgan fingerprint density at radius 3 is 2.55 bits per heavy atom. The van der Waals surface area contributed by atoms with Crippen molar-refractivity contribution < 1.29 is 19.1 Å². The fourth-order valence-electron chi connectivity index (χ4n) is 2.19. The molecule has 1 aliphatic rings. The number of carbonyl (C=O) groups is 2. The van der Waals surface area contributed by atoms with Crippen molar-refractivity contribution in [1.29, 1.82) is 0 Å². The molecule has 6 heteroatoms. The first-order valence-electron chi connectivity index (χ1n) is 6.46. The van der Waals surface area contributed by atoms with E-state index in [1.807, 2.05) is 4.90 Å². The Kier molecular flexibility index (Phi) is 4.34. The van der Waals surface area contributed by atoms with Crippen LogP contribution in [0.3, 0.4) is 0 Å². The summed E-state index contributed by atoms with van der Waals surface area (Å²) in [7, 11) is 0. The van der Waals surface area contributed by atoms with E-state index in [0.29, 0.717) is 18.8 Å². The number of likely N-dealkylation sites (tertiary alicyclic amines) is 1. The van der Waals surface area contributed by atoms with Crippen molar-refractivity contribution in [2.45, 2.75) is 6.92 Å². The fraction of sp³-hybridized carbons (Fsp3) is 0.429. The molecule has 1 heterocycles. The van der Waals surface area contributed by atoms with Gasteiger partial charge in [-0.2, -0.15) is 0 Å². The number of benzene rings is 1. The van der Waals surface area contributed by atoms with Crippen molar-refractivity contribution in [1.82, 2.24) is 4.90 Å². The van der Waals surface area contributed by atoms with Crippen molar-refractivity contribution in [3.63, 3.8) is 0 Å². The molecule has 1 aromatic rings. The van der Waals surface area contributed by atoms with Crippen molar-refractivity contribution in [2.75, 3.05) is 25.0 Å². The summed E-state index contributed by atoms with van der Waals surface area (Å²) in [5.41, 5.74) is 0.548. The van der Waals surface area contributed by atoms with Gasteiger partial charge in [0.15, 0.2) is 0 Å². The highest BCUT2D eigenvalue weighted by Crippen LogP contribution is 2.23. The Morgan fingerprint density at radius 1 is 1.40 bits per heavy atom. The van der Waals surface area contributed by atoms with Crippen molar-refractivity contribution in [2.24, 2.45) is 11.8 Å². The number of amides is 1. The molecule has 0 aliphatic carbocycles. The summed E-state index contributed by atoms with van der Waals surface area (Å²) in [5.74, 6) is -1.61. The molecule has 2 N–H and O–H groups in total. The molecule has 108 valence electrons. The van der Waals surface area contributed by atoms with E-state index in [-0.39, 0.29) is 30.1 Å². The van der Waals surface area contributed by atoms with Gasteiger partial charge in [-0.05, 0) is 30.2 Å². The minimum absolute atomic E-state index is 0.103. The maximum atomic E-state index is 12.7. The Hall–Kier alpha value is -1.95. The summed E-state index contributed by atoms with van der Waals surface area (Å²) < 4.78 is 12.7. The van der Waals surface area contributed by atoms with Gasteiger partial charge >= 0.3 is 5.97 Å². The highest BCUT2D eigenvalue weighted by atomic mass is 19.1. The lowest BCUT2D eigenvalue weighted by molar-refractivity contribution is -0.145. The quantitative estimate of drug-likeness (QED) is 0.855. The van der Waals surface area contributed by atoms with Crippen LogP contribution in [0.15, 0.2) is 24.3 Å². The van der Waals surface area contributed by atoms with Crippen LogP contribution in [-0.2, 0) is 9.59 Å². The molecule has 1 saturated heterocycles. The third kappa shape index (κ3) is 3.54. The zero-order valence-electron chi connectivity index (χ0n) is 11.2. The van der Waals surface area contributed by atoms with Gasteiger partial charge in [-0.15, -0.1) is 0 Å². The van der Waals surface area contributed by atoms with E-state index in [0.717, 1.165) is 0 Å². The second-order valence-electron chi connectivity index (χ2n) is 5.14. The molecule has 0 radical (unpaired) electrons. The summed E-state index contributed by atoms with van der Waals surface area (Å²) in [4.78, 5) is 24.4. The molecule has 1 fully saturated rings. The molecule has 2 rings (SSSR count). The van der Waals surface area contributed by atoms with Gasteiger partial charge < -0.3 is 10.4 Å². The van der Waals surface area contributed by atoms with Gasteiger partial charge in [-0.1, -0.05) is 6.92 Å². The number of nitrogens with one attached hydrogen (secondary N) is 1. The molecule has 0 spiro atoms. The standard InChI is InChI=1S/C14H17FN2O3/c1-9(14(19)20)10-6-17(7-10)8-13(18)16-12-4-2-11(15)3-5-12/h2-5,9-10H,6-8H2,1H3,(H,16,18)(H,19,20). The van der Waals surface area contributed by atoms with E-state index in [2.05, 4.69) is 5.32 Å². The predicted octanol–water partition coefficient (Wildman–Crippen LogP) is 1.42. The first-order valence-corrected chi connectivity index (χ1v) is 6.46. The van der Waals surface area contributed by atoms with E-state index in [9.17, 15) is 14.0 Å². The maximum Gasteiger partial charge on any atom is 0.306 e. The number of carboxylic acids is 1. The smallest absolute Gasteiger partial charge is 0.306 e. The Morgan fingerprint density at radius 2 is 2.00 bits per heavy atom. The zero-order chi connectivity index (χ0) is 14.7. The summed E-state index contributed by atoms with van der Waals surface area (Å²) in [6.45, 7) is 3.14. The summed E-state index contributed by atoms with van der Waals surface area (Å²) >= 11 is 0. The van der Waals surface area contributed by atoms with Gasteiger partial charge in [0.1, 0.15) is 5.82 Å². The number of nitrogens with zero attached hydrogens (tertiary/aromatic N) is 1. The van der Waals surface area contributed by atoms with Crippen LogP contribution in [0.4, 0.5) is 10.1 Å². The van der Waals surface area contributed by atoms with Crippen LogP contribution in [0, 0.1) is 17.7 Å². The second kappa shape index (κ2) is 6.00. The van der Waals surface area contributed by atoms with E-state index < -0.39 is 5.97 Å². The molecule has 1 unspecified atom stereocenters. The SMILES string of the molecule is CC(C(=O)O)C1CN(CC(=O)Nc2ccc(F)cc2)C1. The molecule has 20 heavy (non-hydrogen) atoms. The van der Waals surface area contributed by atoms with Gasteiger partial charge in [0.2, 0.25) is 5.91 Å². The van der Waals surface area contributed by atoms with Crippen LogP contribution in [0.2, 0.25) is 0 Å². The molecule has 1 amide bonds. The first kappa shape index (κ1) is 14.5. The molecule has 1 atom stereocenters. The van der Waals surface area contributed by atoms with Crippen LogP contribution in [0.25, 0.3) is 0 Å². The third-order valence-corrected chi connectivity index (χ3v) is 3.58. The zero-order valence-corrected chi connectivity index (χ0v) is 11.2. The maximum absolute atomic E-state index is 12.7. The Bertz CT molecular complexity index is 498. The average Bonchev–Trinajstić information content (AvgIpc) is 2.35. The van der Waals surface area contributed by atoms with E-state index >= 15 is 0 Å². The monoisotopic (exact) mass is 280 g/mol. The van der Waals surface area contributed by atoms with Gasteiger partial charge in [0.05, 0.1) is 12.5 Å². The molecular weight excluding hydrogens is 263 g/mol. The third-order valence-electron chi connectivity index (χ3n) is 3.58. The van der Waals surface area contributed by atoms with Crippen molar-refractivity contribution in [3.05, 3.63) is 30.1 Å². The molecule has 0 saturated carbocycles. The van der Waals surface area contributed by atoms with Crippen LogP contribution in [0.1, 0.15) is 6.92 Å². The van der Waals surface area contributed by atoms with Crippen LogP contribution < -0.4 is 5.32 Å². The Labute approximate surface area is 116 Å². The molecule has 5 nitrogen and oxygen atoms in total. The molecule has 1 aromatic carbocycles. The van der Waals surface area contributed by atoms with Crippen LogP contribution in [-0.4, -0.2) is 41.5 Å². The fourth-order valence-corrected chi connectivity index (χ4v) is 2.19. The second-order valence-corrected chi connectivity index (χ2v) is 5.14. The van der Waals surface area contributed by atoms with Crippen molar-refractivity contribution in [3.8, 4) is 0 Å². The number of rotatable bonds is 5. The first-order chi connectivity index (χ1) is 9.45. The minimum Gasteiger partial charge on any atom is -0.481 e. The highest BCUT2D eigenvalue weighted by molar-refractivity contribution is 5.92. The van der Waals surface area contributed by atoms with Gasteiger partial charge in [0.25, 0.3) is 0 Å². The number of hydrogen-bond acceptors (Lipinski definition) is 3. The summed E-state index contributed by atoms with van der Waals surface area (Å²) in [6, 6.07) is 5.56. The minimum atomic E-state index is -0.801. The number of hydrogen-bond donors (Lipinski definition) is 2. The van der Waals surface area contributed by atoms with E-state index in [1.54, 1.807) is 6.92 Å². The van der Waals surface area contributed by atoms with Crippen LogP contribution in [0.5, 0.6) is 0 Å². The lowest BCUT2D eigenvalue weighted by atomic mass is 9.87. The van der Waals surface area contributed by atoms with Gasteiger partial charge in [-0.3, -0.25) is 14.5 Å². The number of aliphatic carboxylic acids is 1. The average molecular weight is 280 g/mol. The Balaban J connectivity index is 1.74. The van der Waals surface area contributed by atoms with Crippen molar-refractivity contribution >= 4 is 17.6 Å². The number of anilines is 1. The van der Waals surface area contributed by atoms with Gasteiger partial charge in [-0.25, -0.2) is 4.39 Å². The lowest BCUT2D eigenvalue weighted by Crippen LogP contribution is -2.53. The molecular formula is C14H17FN2O3. The largest absolute Gasteiger partial charge is 0.481 e. The van der Waals surface area contributed by atoms with Crippen LogP contribution >= 0.6 is 0 Å². The molecule has 0 bridgehead atoms. The topological polar surface area (TPSA) is 69.6 Å².